The van der Waals surface area contributed by atoms with Gasteiger partial charge in [-0.2, -0.15) is 0 Å². The van der Waals surface area contributed by atoms with E-state index in [0.717, 1.165) is 48.4 Å². The molecule has 2 atom stereocenters. The van der Waals surface area contributed by atoms with Gasteiger partial charge in [0.1, 0.15) is 5.82 Å². The van der Waals surface area contributed by atoms with Crippen LogP contribution in [0.1, 0.15) is 41.7 Å². The first-order valence-corrected chi connectivity index (χ1v) is 11.9. The van der Waals surface area contributed by atoms with Crippen molar-refractivity contribution in [2.24, 2.45) is 0 Å². The van der Waals surface area contributed by atoms with E-state index >= 15 is 0 Å². The first-order valence-electron chi connectivity index (χ1n) is 11.9. The zero-order chi connectivity index (χ0) is 24.2. The van der Waals surface area contributed by atoms with Gasteiger partial charge < -0.3 is 16.0 Å². The van der Waals surface area contributed by atoms with Crippen LogP contribution in [0.15, 0.2) is 73.1 Å². The van der Waals surface area contributed by atoms with Crippen molar-refractivity contribution in [1.82, 2.24) is 15.3 Å². The van der Waals surface area contributed by atoms with Gasteiger partial charge in [-0.1, -0.05) is 6.07 Å². The summed E-state index contributed by atoms with van der Waals surface area (Å²) in [5.41, 5.74) is 4.82. The number of halogens is 1. The molecule has 2 unspecified atom stereocenters. The molecule has 1 aliphatic rings. The van der Waals surface area contributed by atoms with Gasteiger partial charge in [-0.3, -0.25) is 14.8 Å². The third-order valence-electron chi connectivity index (χ3n) is 6.38. The molecule has 0 radical (unpaired) electrons. The maximum Gasteiger partial charge on any atom is 0.251 e. The summed E-state index contributed by atoms with van der Waals surface area (Å²) in [5, 5.41) is 10.8. The van der Waals surface area contributed by atoms with Crippen molar-refractivity contribution in [3.8, 4) is 0 Å². The minimum Gasteiger partial charge on any atom is -0.382 e. The number of nitrogens with zero attached hydrogens (tertiary/aromatic N) is 2. The molecule has 0 saturated heterocycles. The number of nitrogens with one attached hydrogen (secondary N) is 3. The minimum atomic E-state index is -0.319. The normalized spacial score (nSPS) is 17.7. The van der Waals surface area contributed by atoms with E-state index in [2.05, 4.69) is 25.9 Å². The summed E-state index contributed by atoms with van der Waals surface area (Å²) in [4.78, 5) is 21.6. The molecule has 178 valence electrons. The summed E-state index contributed by atoms with van der Waals surface area (Å²) < 4.78 is 13.8. The SMILES string of the molecule is Cc1cc(NC2CCCC(NC(=O)c3cccc(Nc4ccnc5ccc(F)cc45)c3)C2)ccn1. The summed E-state index contributed by atoms with van der Waals surface area (Å²) >= 11 is 0. The molecular formula is C28H28FN5O. The van der Waals surface area contributed by atoms with Crippen molar-refractivity contribution in [2.45, 2.75) is 44.7 Å². The zero-order valence-corrected chi connectivity index (χ0v) is 19.6. The molecule has 1 aliphatic carbocycles. The third kappa shape index (κ3) is 5.57. The molecule has 7 heteroatoms. The summed E-state index contributed by atoms with van der Waals surface area (Å²) in [6.07, 6.45) is 7.46. The van der Waals surface area contributed by atoms with Gasteiger partial charge in [0.15, 0.2) is 0 Å². The van der Waals surface area contributed by atoms with Crippen LogP contribution in [-0.4, -0.2) is 28.0 Å². The average molecular weight is 470 g/mol. The molecule has 3 N–H and O–H groups in total. The number of fused-ring (bicyclic) bond motifs is 1. The molecule has 6 nitrogen and oxygen atoms in total. The number of hydrogen-bond donors (Lipinski definition) is 3. The fourth-order valence-electron chi connectivity index (χ4n) is 4.71. The first kappa shape index (κ1) is 22.8. The highest BCUT2D eigenvalue weighted by Gasteiger charge is 2.24. The van der Waals surface area contributed by atoms with Crippen molar-refractivity contribution >= 4 is 33.9 Å². The number of aromatic nitrogens is 2. The number of hydrogen-bond acceptors (Lipinski definition) is 5. The lowest BCUT2D eigenvalue weighted by atomic mass is 9.90. The molecule has 2 aromatic carbocycles. The molecule has 1 fully saturated rings. The molecule has 0 spiro atoms. The zero-order valence-electron chi connectivity index (χ0n) is 19.6. The van der Waals surface area contributed by atoms with Gasteiger partial charge in [-0.15, -0.1) is 0 Å². The number of carbonyl (C=O) groups is 1. The molecular weight excluding hydrogens is 441 g/mol. The summed E-state index contributed by atoms with van der Waals surface area (Å²) in [6, 6.07) is 18.1. The van der Waals surface area contributed by atoms with Gasteiger partial charge in [0.05, 0.1) is 5.52 Å². The number of anilines is 3. The van der Waals surface area contributed by atoms with Gasteiger partial charge in [0, 0.05) is 58.2 Å². The number of rotatable bonds is 6. The van der Waals surface area contributed by atoms with E-state index in [0.29, 0.717) is 22.5 Å². The molecule has 1 saturated carbocycles. The maximum absolute atomic E-state index is 13.8. The van der Waals surface area contributed by atoms with E-state index in [1.165, 1.54) is 12.1 Å². The molecule has 2 heterocycles. The van der Waals surface area contributed by atoms with Crippen molar-refractivity contribution < 1.29 is 9.18 Å². The topological polar surface area (TPSA) is 78.9 Å². The lowest BCUT2D eigenvalue weighted by molar-refractivity contribution is 0.0926. The van der Waals surface area contributed by atoms with Crippen LogP contribution in [0.5, 0.6) is 0 Å². The van der Waals surface area contributed by atoms with E-state index in [9.17, 15) is 9.18 Å². The largest absolute Gasteiger partial charge is 0.382 e. The predicted molar refractivity (Wildman–Crippen MR) is 138 cm³/mol. The highest BCUT2D eigenvalue weighted by Crippen LogP contribution is 2.27. The Kier molecular flexibility index (Phi) is 6.57. The van der Waals surface area contributed by atoms with Crippen LogP contribution in [0, 0.1) is 12.7 Å². The molecule has 2 aromatic heterocycles. The quantitative estimate of drug-likeness (QED) is 0.324. The molecule has 4 aromatic rings. The van der Waals surface area contributed by atoms with Crippen LogP contribution >= 0.6 is 0 Å². The number of amides is 1. The monoisotopic (exact) mass is 469 g/mol. The van der Waals surface area contributed by atoms with Crippen LogP contribution in [0.25, 0.3) is 10.9 Å². The Hall–Kier alpha value is -4.00. The van der Waals surface area contributed by atoms with Crippen LogP contribution in [0.4, 0.5) is 21.5 Å². The average Bonchev–Trinajstić information content (AvgIpc) is 2.85. The van der Waals surface area contributed by atoms with Crippen molar-refractivity contribution in [3.63, 3.8) is 0 Å². The Bertz CT molecular complexity index is 1360. The predicted octanol–water partition coefficient (Wildman–Crippen LogP) is 5.97. The number of pyridine rings is 2. The minimum absolute atomic E-state index is 0.0929. The summed E-state index contributed by atoms with van der Waals surface area (Å²) in [5.74, 6) is -0.411. The van der Waals surface area contributed by atoms with E-state index in [-0.39, 0.29) is 17.8 Å². The Labute approximate surface area is 204 Å². The number of carbonyl (C=O) groups excluding carboxylic acids is 1. The molecule has 5 rings (SSSR count). The van der Waals surface area contributed by atoms with E-state index < -0.39 is 0 Å². The molecule has 35 heavy (non-hydrogen) atoms. The Morgan fingerprint density at radius 1 is 0.943 bits per heavy atom. The fourth-order valence-corrected chi connectivity index (χ4v) is 4.71. The molecule has 1 amide bonds. The van der Waals surface area contributed by atoms with E-state index in [4.69, 9.17) is 0 Å². The van der Waals surface area contributed by atoms with Gasteiger partial charge >= 0.3 is 0 Å². The second kappa shape index (κ2) is 10.1. The lowest BCUT2D eigenvalue weighted by Crippen LogP contribution is -2.41. The highest BCUT2D eigenvalue weighted by molar-refractivity contribution is 5.96. The summed E-state index contributed by atoms with van der Waals surface area (Å²) in [7, 11) is 0. The lowest BCUT2D eigenvalue weighted by Gasteiger charge is -2.31. The molecule has 0 aliphatic heterocycles. The maximum atomic E-state index is 13.8. The van der Waals surface area contributed by atoms with Crippen LogP contribution in [0.2, 0.25) is 0 Å². The van der Waals surface area contributed by atoms with Crippen molar-refractivity contribution in [3.05, 3.63) is 90.1 Å². The van der Waals surface area contributed by atoms with Crippen molar-refractivity contribution in [2.75, 3.05) is 10.6 Å². The van der Waals surface area contributed by atoms with Gasteiger partial charge in [0.25, 0.3) is 5.91 Å². The number of aryl methyl sites for hydroxylation is 1. The smallest absolute Gasteiger partial charge is 0.251 e. The first-order chi connectivity index (χ1) is 17.0. The standard InChI is InChI=1S/C28H28FN5O/c1-18-14-24(10-12-30-18)32-22-6-3-7-23(17-22)34-28(35)19-4-2-5-21(15-19)33-27-11-13-31-26-9-8-20(29)16-25(26)27/h2,4-5,8-16,22-23H,3,6-7,17H2,1H3,(H,30,32)(H,31,33)(H,34,35). The van der Waals surface area contributed by atoms with E-state index in [1.54, 1.807) is 18.3 Å². The number of benzene rings is 2. The van der Waals surface area contributed by atoms with Gasteiger partial charge in [-0.05, 0) is 87.2 Å². The highest BCUT2D eigenvalue weighted by atomic mass is 19.1. The fraction of sp³-hybridized carbons (Fsp3) is 0.250. The second-order valence-corrected chi connectivity index (χ2v) is 9.09. The Morgan fingerprint density at radius 2 is 1.80 bits per heavy atom. The van der Waals surface area contributed by atoms with Gasteiger partial charge in [0.2, 0.25) is 0 Å². The van der Waals surface area contributed by atoms with E-state index in [1.807, 2.05) is 49.5 Å². The van der Waals surface area contributed by atoms with Crippen molar-refractivity contribution in [1.29, 1.82) is 0 Å². The summed E-state index contributed by atoms with van der Waals surface area (Å²) in [6.45, 7) is 1.98. The van der Waals surface area contributed by atoms with Crippen LogP contribution in [0.3, 0.4) is 0 Å². The van der Waals surface area contributed by atoms with Gasteiger partial charge in [-0.25, -0.2) is 4.39 Å². The third-order valence-corrected chi connectivity index (χ3v) is 6.38. The van der Waals surface area contributed by atoms with Crippen LogP contribution < -0.4 is 16.0 Å². The second-order valence-electron chi connectivity index (χ2n) is 9.09. The molecule has 0 bridgehead atoms. The Morgan fingerprint density at radius 3 is 2.69 bits per heavy atom. The van der Waals surface area contributed by atoms with Crippen LogP contribution in [-0.2, 0) is 0 Å². The Balaban J connectivity index is 1.25.